The van der Waals surface area contributed by atoms with Crippen molar-refractivity contribution >= 4 is 17.2 Å². The average molecular weight is 270 g/mol. The number of nitrogens with one attached hydrogen (secondary N) is 2. The van der Waals surface area contributed by atoms with E-state index >= 15 is 0 Å². The highest BCUT2D eigenvalue weighted by Crippen LogP contribution is 2.24. The molecule has 4 nitrogen and oxygen atoms in total. The van der Waals surface area contributed by atoms with Crippen LogP contribution in [-0.2, 0) is 4.79 Å². The number of carbonyl (C=O) groups is 1. The Balaban J connectivity index is 3.20. The summed E-state index contributed by atoms with van der Waals surface area (Å²) >= 11 is 0. The minimum Gasteiger partial charge on any atom is -0.507 e. The van der Waals surface area contributed by atoms with Crippen LogP contribution in [0.1, 0.15) is 18.1 Å². The van der Waals surface area contributed by atoms with Gasteiger partial charge in [-0.05, 0) is 36.3 Å². The fourth-order valence-electron chi connectivity index (χ4n) is 1.67. The Hall–Kier alpha value is -2.62. The molecule has 0 fully saturated rings. The average Bonchev–Trinajstić information content (AvgIpc) is 2.44. The zero-order valence-electron chi connectivity index (χ0n) is 11.6. The lowest BCUT2D eigenvalue weighted by Gasteiger charge is -2.07. The van der Waals surface area contributed by atoms with Crippen LogP contribution in [0.3, 0.4) is 0 Å². The summed E-state index contributed by atoms with van der Waals surface area (Å²) < 4.78 is 0. The Kier molecular flexibility index (Phi) is 5.47. The predicted molar refractivity (Wildman–Crippen MR) is 82.0 cm³/mol. The standard InChI is InChI=1S/C16H18N2O2/c1-4-6-14(17)13-8-7-12(9-15(13)19)11(5-2)10-16(20)18-3/h4-10,17,19H,2H2,1,3H3,(H,18,20)/b6-4-,11-10+,17-14?. The van der Waals surface area contributed by atoms with E-state index in [0.29, 0.717) is 16.7 Å². The first-order chi connectivity index (χ1) is 9.53. The summed E-state index contributed by atoms with van der Waals surface area (Å²) in [5.41, 5.74) is 1.93. The van der Waals surface area contributed by atoms with E-state index in [1.54, 1.807) is 37.4 Å². The van der Waals surface area contributed by atoms with Crippen molar-refractivity contribution in [3.8, 4) is 5.75 Å². The minimum absolute atomic E-state index is 0.00439. The molecule has 104 valence electrons. The zero-order chi connectivity index (χ0) is 15.1. The molecule has 0 radical (unpaired) electrons. The Bertz CT molecular complexity index is 598. The first-order valence-electron chi connectivity index (χ1n) is 6.14. The normalized spacial score (nSPS) is 11.4. The molecule has 0 heterocycles. The van der Waals surface area contributed by atoms with Crippen LogP contribution in [0.4, 0.5) is 0 Å². The van der Waals surface area contributed by atoms with Crippen molar-refractivity contribution in [2.45, 2.75) is 6.92 Å². The van der Waals surface area contributed by atoms with E-state index in [2.05, 4.69) is 11.9 Å². The number of carbonyl (C=O) groups excluding carboxylic acids is 1. The number of allylic oxidation sites excluding steroid dienone is 4. The summed E-state index contributed by atoms with van der Waals surface area (Å²) in [6.07, 6.45) is 6.28. The Morgan fingerprint density at radius 3 is 2.65 bits per heavy atom. The Morgan fingerprint density at radius 2 is 2.15 bits per heavy atom. The van der Waals surface area contributed by atoms with Crippen molar-refractivity contribution in [3.05, 3.63) is 60.2 Å². The van der Waals surface area contributed by atoms with Crippen LogP contribution >= 0.6 is 0 Å². The van der Waals surface area contributed by atoms with E-state index in [1.165, 1.54) is 12.1 Å². The van der Waals surface area contributed by atoms with Gasteiger partial charge in [0.15, 0.2) is 0 Å². The summed E-state index contributed by atoms with van der Waals surface area (Å²) in [6.45, 7) is 5.47. The van der Waals surface area contributed by atoms with Crippen molar-refractivity contribution in [2.75, 3.05) is 7.05 Å². The molecule has 0 aromatic heterocycles. The molecule has 3 N–H and O–H groups in total. The van der Waals surface area contributed by atoms with Crippen molar-refractivity contribution in [1.29, 1.82) is 5.41 Å². The molecule has 0 saturated carbocycles. The van der Waals surface area contributed by atoms with Crippen molar-refractivity contribution in [2.24, 2.45) is 0 Å². The molecule has 0 spiro atoms. The summed E-state index contributed by atoms with van der Waals surface area (Å²) in [5.74, 6) is -0.250. The Labute approximate surface area is 118 Å². The predicted octanol–water partition coefficient (Wildman–Crippen LogP) is 2.65. The molecule has 0 unspecified atom stereocenters. The minimum atomic E-state index is -0.245. The van der Waals surface area contributed by atoms with Gasteiger partial charge in [0.2, 0.25) is 5.91 Å². The number of hydrogen-bond acceptors (Lipinski definition) is 3. The number of phenols is 1. The van der Waals surface area contributed by atoms with Gasteiger partial charge in [-0.25, -0.2) is 0 Å². The Morgan fingerprint density at radius 1 is 1.45 bits per heavy atom. The molecule has 1 aromatic carbocycles. The van der Waals surface area contributed by atoms with Gasteiger partial charge in [0.1, 0.15) is 5.75 Å². The first kappa shape index (κ1) is 15.4. The molecule has 0 aliphatic carbocycles. The van der Waals surface area contributed by atoms with Crippen molar-refractivity contribution in [1.82, 2.24) is 5.32 Å². The van der Waals surface area contributed by atoms with Gasteiger partial charge in [-0.15, -0.1) is 0 Å². The number of likely N-dealkylation sites (N-methyl/N-ethyl adjacent to an activating group) is 1. The zero-order valence-corrected chi connectivity index (χ0v) is 11.6. The molecule has 0 saturated heterocycles. The molecule has 20 heavy (non-hydrogen) atoms. The van der Waals surface area contributed by atoms with Gasteiger partial charge >= 0.3 is 0 Å². The van der Waals surface area contributed by atoms with Crippen LogP contribution < -0.4 is 5.32 Å². The third kappa shape index (κ3) is 3.68. The number of rotatable bonds is 5. The van der Waals surface area contributed by atoms with E-state index in [0.717, 1.165) is 0 Å². The molecule has 1 aromatic rings. The molecule has 1 rings (SSSR count). The third-order valence-corrected chi connectivity index (χ3v) is 2.71. The maximum atomic E-state index is 11.4. The molecule has 0 atom stereocenters. The molecule has 0 bridgehead atoms. The highest BCUT2D eigenvalue weighted by molar-refractivity contribution is 6.08. The lowest BCUT2D eigenvalue weighted by molar-refractivity contribution is -0.116. The van der Waals surface area contributed by atoms with Gasteiger partial charge in [-0.3, -0.25) is 4.79 Å². The summed E-state index contributed by atoms with van der Waals surface area (Å²) in [6, 6.07) is 4.90. The van der Waals surface area contributed by atoms with Crippen LogP contribution in [-0.4, -0.2) is 23.8 Å². The van der Waals surface area contributed by atoms with E-state index in [9.17, 15) is 9.90 Å². The van der Waals surface area contributed by atoms with Crippen molar-refractivity contribution < 1.29 is 9.90 Å². The van der Waals surface area contributed by atoms with E-state index in [4.69, 9.17) is 5.41 Å². The number of phenolic OH excluding ortho intramolecular Hbond substituents is 1. The molecule has 1 amide bonds. The van der Waals surface area contributed by atoms with Crippen LogP contribution in [0.5, 0.6) is 5.75 Å². The number of hydrogen-bond donors (Lipinski definition) is 3. The summed E-state index contributed by atoms with van der Waals surface area (Å²) in [7, 11) is 1.54. The smallest absolute Gasteiger partial charge is 0.244 e. The monoisotopic (exact) mass is 270 g/mol. The van der Waals surface area contributed by atoms with Gasteiger partial charge < -0.3 is 15.8 Å². The largest absolute Gasteiger partial charge is 0.507 e. The highest BCUT2D eigenvalue weighted by Gasteiger charge is 2.08. The van der Waals surface area contributed by atoms with Crippen LogP contribution in [0.25, 0.3) is 5.57 Å². The second-order valence-corrected chi connectivity index (χ2v) is 4.06. The van der Waals surface area contributed by atoms with Gasteiger partial charge in [-0.2, -0.15) is 0 Å². The van der Waals surface area contributed by atoms with E-state index in [-0.39, 0.29) is 17.4 Å². The molecule has 0 aliphatic heterocycles. The fourth-order valence-corrected chi connectivity index (χ4v) is 1.67. The fraction of sp³-hybridized carbons (Fsp3) is 0.125. The van der Waals surface area contributed by atoms with Gasteiger partial charge in [0.25, 0.3) is 0 Å². The lowest BCUT2D eigenvalue weighted by Crippen LogP contribution is -2.14. The van der Waals surface area contributed by atoms with Gasteiger partial charge in [0.05, 0.1) is 5.71 Å². The van der Waals surface area contributed by atoms with Crippen LogP contribution in [0.15, 0.2) is 49.1 Å². The van der Waals surface area contributed by atoms with Gasteiger partial charge in [-0.1, -0.05) is 24.8 Å². The summed E-state index contributed by atoms with van der Waals surface area (Å²) in [4.78, 5) is 11.4. The maximum Gasteiger partial charge on any atom is 0.244 e. The lowest BCUT2D eigenvalue weighted by atomic mass is 10.0. The topological polar surface area (TPSA) is 73.2 Å². The quantitative estimate of drug-likeness (QED) is 0.437. The maximum absolute atomic E-state index is 11.4. The number of benzene rings is 1. The number of aromatic hydroxyl groups is 1. The SMILES string of the molecule is C=C/C(=C\C(=O)NC)c1ccc(C(=N)/C=C\C)c(O)c1. The van der Waals surface area contributed by atoms with Crippen LogP contribution in [0, 0.1) is 5.41 Å². The van der Waals surface area contributed by atoms with Gasteiger partial charge in [0, 0.05) is 18.7 Å². The number of amides is 1. The molecular weight excluding hydrogens is 252 g/mol. The molecular formula is C16H18N2O2. The van der Waals surface area contributed by atoms with E-state index in [1.807, 2.05) is 6.92 Å². The van der Waals surface area contributed by atoms with Crippen molar-refractivity contribution in [3.63, 3.8) is 0 Å². The van der Waals surface area contributed by atoms with E-state index < -0.39 is 0 Å². The van der Waals surface area contributed by atoms with Crippen LogP contribution in [0.2, 0.25) is 0 Å². The molecule has 0 aliphatic rings. The highest BCUT2D eigenvalue weighted by atomic mass is 16.3. The first-order valence-corrected chi connectivity index (χ1v) is 6.14. The summed E-state index contributed by atoms with van der Waals surface area (Å²) in [5, 5.41) is 20.3. The second kappa shape index (κ2) is 7.09. The second-order valence-electron chi connectivity index (χ2n) is 4.06. The third-order valence-electron chi connectivity index (χ3n) is 2.71. The molecule has 4 heteroatoms.